The van der Waals surface area contributed by atoms with E-state index < -0.39 is 8.07 Å². The van der Waals surface area contributed by atoms with Gasteiger partial charge in [-0.3, -0.25) is 9.97 Å². The minimum Gasteiger partial charge on any atom is -0.252 e. The molecule has 10 aromatic heterocycles. The van der Waals surface area contributed by atoms with Gasteiger partial charge in [0.15, 0.2) is 0 Å². The van der Waals surface area contributed by atoms with Crippen LogP contribution in [0.25, 0.3) is 93.4 Å². The molecule has 0 amide bonds. The Labute approximate surface area is 337 Å². The second kappa shape index (κ2) is 12.2. The van der Waals surface area contributed by atoms with Crippen molar-refractivity contribution in [3.8, 4) is 71.3 Å². The van der Waals surface area contributed by atoms with E-state index in [4.69, 9.17) is 27.5 Å². The number of fused-ring (bicyclic) bond motifs is 5. The van der Waals surface area contributed by atoms with Crippen LogP contribution < -0.4 is 10.4 Å². The lowest BCUT2D eigenvalue weighted by atomic mass is 10.1. The predicted molar refractivity (Wildman–Crippen MR) is 236 cm³/mol. The Morgan fingerprint density at radius 1 is 0.434 bits per heavy atom. The van der Waals surface area contributed by atoms with E-state index in [0.29, 0.717) is 0 Å². The van der Waals surface area contributed by atoms with Crippen molar-refractivity contribution in [1.82, 2.24) is 27.5 Å². The highest BCUT2D eigenvalue weighted by atomic mass is 32.1. The first-order valence-electron chi connectivity index (χ1n) is 16.7. The molecule has 53 heavy (non-hydrogen) atoms. The van der Waals surface area contributed by atoms with Crippen LogP contribution in [0.15, 0.2) is 73.1 Å². The van der Waals surface area contributed by atoms with Gasteiger partial charge in [0.05, 0.1) is 33.2 Å². The average Bonchev–Trinajstić information content (AvgIpc) is 4.00. The molecule has 0 aliphatic carbocycles. The van der Waals surface area contributed by atoms with Crippen LogP contribution in [-0.4, -0.2) is 35.5 Å². The molecule has 6 nitrogen and oxygen atoms in total. The van der Waals surface area contributed by atoms with Crippen molar-refractivity contribution in [2.45, 2.75) is 26.9 Å². The van der Waals surface area contributed by atoms with Gasteiger partial charge < -0.3 is 0 Å². The molecule has 0 fully saturated rings. The zero-order valence-electron chi connectivity index (χ0n) is 28.4. The fourth-order valence-electron chi connectivity index (χ4n) is 7.06. The van der Waals surface area contributed by atoms with Gasteiger partial charge in [0.1, 0.15) is 41.5 Å². The Balaban J connectivity index is 0.950. The van der Waals surface area contributed by atoms with Gasteiger partial charge in [0.2, 0.25) is 0 Å². The number of aryl methyl sites for hydroxylation is 2. The molecule has 0 N–H and O–H groups in total. The highest BCUT2D eigenvalue weighted by Gasteiger charge is 2.42. The average molecular weight is 849 g/mol. The van der Waals surface area contributed by atoms with E-state index in [-0.39, 0.29) is 0 Å². The van der Waals surface area contributed by atoms with Gasteiger partial charge in [-0.1, -0.05) is 13.1 Å². The summed E-state index contributed by atoms with van der Waals surface area (Å²) in [5.74, 6) is 0. The van der Waals surface area contributed by atoms with Crippen molar-refractivity contribution < 1.29 is 0 Å². The van der Waals surface area contributed by atoms with Crippen LogP contribution in [0.4, 0.5) is 0 Å². The third kappa shape index (κ3) is 5.13. The first-order chi connectivity index (χ1) is 25.8. The van der Waals surface area contributed by atoms with E-state index >= 15 is 0 Å². The summed E-state index contributed by atoms with van der Waals surface area (Å²) in [6.45, 7) is 9.23. The molecule has 0 saturated heterocycles. The minimum absolute atomic E-state index is 0.881. The van der Waals surface area contributed by atoms with Crippen LogP contribution in [0.5, 0.6) is 0 Å². The van der Waals surface area contributed by atoms with Crippen molar-refractivity contribution in [2.75, 3.05) is 0 Å². The van der Waals surface area contributed by atoms with Gasteiger partial charge in [-0.2, -0.15) is 17.5 Å². The molecule has 0 unspecified atom stereocenters. The highest BCUT2D eigenvalue weighted by molar-refractivity contribution is 7.31. The van der Waals surface area contributed by atoms with Crippen molar-refractivity contribution in [3.63, 3.8) is 0 Å². The van der Waals surface area contributed by atoms with Crippen molar-refractivity contribution >= 4 is 132 Å². The maximum atomic E-state index is 5.08. The van der Waals surface area contributed by atoms with Gasteiger partial charge in [0, 0.05) is 72.3 Å². The first kappa shape index (κ1) is 32.8. The molecule has 10 aromatic rings. The van der Waals surface area contributed by atoms with Crippen LogP contribution in [0.1, 0.15) is 9.75 Å². The summed E-state index contributed by atoms with van der Waals surface area (Å²) in [5.41, 5.74) is 7.55. The molecule has 258 valence electrons. The standard InChI is InChI=1S/C38H24N6S8Si/c1-17-5-7-23(45-17)25-11-9-21(47-25)19-15-39-33(35-31(19)41-51-43-35)27-13-29-37(49-27)38-30(53(29,3)4)14-28(50-38)34-36-32(42-52-44-36)20(16-40-34)22-10-12-26(48-22)24-8-6-18(2)46-24/h5-16H,1-4H3. The SMILES string of the molecule is Cc1ccc(-c2ccc(-c3cnc(-c4cc5c(s4)-c4sc(-c6ncc(-c7ccc(-c8ccc(C)s8)s7)c7nsnc67)cc4[Si]5(C)C)c4nsnc34)s2)s1. The molecular formula is C38H24N6S8Si. The first-order valence-corrected chi connectivity index (χ1v) is 26.0. The van der Waals surface area contributed by atoms with Crippen LogP contribution in [-0.2, 0) is 0 Å². The van der Waals surface area contributed by atoms with E-state index in [2.05, 4.69) is 87.6 Å². The zero-order chi connectivity index (χ0) is 35.6. The molecule has 0 radical (unpaired) electrons. The lowest BCUT2D eigenvalue weighted by molar-refractivity contribution is 1.36. The number of aromatic nitrogens is 6. The molecule has 1 aliphatic heterocycles. The number of pyridine rings is 2. The summed E-state index contributed by atoms with van der Waals surface area (Å²) < 4.78 is 19.2. The maximum absolute atomic E-state index is 5.08. The summed E-state index contributed by atoms with van der Waals surface area (Å²) in [7, 11) is -1.99. The number of nitrogens with zero attached hydrogens (tertiary/aromatic N) is 6. The van der Waals surface area contributed by atoms with E-state index in [1.807, 2.05) is 57.7 Å². The second-order valence-corrected chi connectivity index (χ2v) is 25.7. The molecule has 0 aromatic carbocycles. The van der Waals surface area contributed by atoms with Crippen LogP contribution in [0.3, 0.4) is 0 Å². The third-order valence-electron chi connectivity index (χ3n) is 9.77. The fourth-order valence-corrected chi connectivity index (χ4v) is 19.3. The van der Waals surface area contributed by atoms with Gasteiger partial charge in [-0.25, -0.2) is 0 Å². The van der Waals surface area contributed by atoms with Crippen LogP contribution in [0.2, 0.25) is 13.1 Å². The van der Waals surface area contributed by atoms with Gasteiger partial charge >= 0.3 is 0 Å². The normalized spacial score (nSPS) is 13.4. The lowest BCUT2D eigenvalue weighted by Gasteiger charge is -2.16. The van der Waals surface area contributed by atoms with Crippen molar-refractivity contribution in [3.05, 3.63) is 82.8 Å². The van der Waals surface area contributed by atoms with E-state index in [9.17, 15) is 0 Å². The Morgan fingerprint density at radius 2 is 0.830 bits per heavy atom. The summed E-state index contributed by atoms with van der Waals surface area (Å²) in [6.07, 6.45) is 4.00. The number of hydrogen-bond donors (Lipinski definition) is 0. The van der Waals surface area contributed by atoms with Gasteiger partial charge in [-0.15, -0.1) is 68.0 Å². The molecule has 1 aliphatic rings. The molecule has 0 bridgehead atoms. The topological polar surface area (TPSA) is 77.3 Å². The molecule has 0 saturated carbocycles. The summed E-state index contributed by atoms with van der Waals surface area (Å²) in [6, 6.07) is 22.4. The van der Waals surface area contributed by atoms with Crippen molar-refractivity contribution in [1.29, 1.82) is 0 Å². The second-order valence-electron chi connectivity index (χ2n) is 13.4. The fraction of sp³-hybridized carbons (Fsp3) is 0.105. The van der Waals surface area contributed by atoms with Crippen LogP contribution in [0, 0.1) is 13.8 Å². The molecular weight excluding hydrogens is 825 g/mol. The molecule has 0 atom stereocenters. The summed E-state index contributed by atoms with van der Waals surface area (Å²) in [5, 5.41) is 2.94. The smallest absolute Gasteiger partial charge is 0.132 e. The molecule has 11 heterocycles. The van der Waals surface area contributed by atoms with Gasteiger partial charge in [0.25, 0.3) is 0 Å². The maximum Gasteiger partial charge on any atom is 0.132 e. The van der Waals surface area contributed by atoms with E-state index in [0.717, 1.165) is 54.3 Å². The van der Waals surface area contributed by atoms with E-state index in [1.165, 1.54) is 82.6 Å². The number of rotatable bonds is 6. The monoisotopic (exact) mass is 848 g/mol. The predicted octanol–water partition coefficient (Wildman–Crippen LogP) is 12.3. The molecule has 11 rings (SSSR count). The van der Waals surface area contributed by atoms with E-state index in [1.54, 1.807) is 22.7 Å². The third-order valence-corrected chi connectivity index (χ3v) is 21.8. The molecule has 0 spiro atoms. The Bertz CT molecular complexity index is 2850. The number of thiophene rings is 6. The number of hydrogen-bond acceptors (Lipinski definition) is 14. The largest absolute Gasteiger partial charge is 0.252 e. The highest BCUT2D eigenvalue weighted by Crippen LogP contribution is 2.47. The van der Waals surface area contributed by atoms with Crippen LogP contribution >= 0.6 is 91.5 Å². The van der Waals surface area contributed by atoms with Crippen molar-refractivity contribution in [2.24, 2.45) is 0 Å². The Morgan fingerprint density at radius 3 is 1.26 bits per heavy atom. The minimum atomic E-state index is -1.99. The summed E-state index contributed by atoms with van der Waals surface area (Å²) >= 11 is 13.4. The zero-order valence-corrected chi connectivity index (χ0v) is 35.9. The summed E-state index contributed by atoms with van der Waals surface area (Å²) in [4.78, 5) is 25.3. The lowest BCUT2D eigenvalue weighted by Crippen LogP contribution is -2.48. The van der Waals surface area contributed by atoms with Gasteiger partial charge in [-0.05, 0) is 84.9 Å². The Hall–Kier alpha value is -3.64. The molecule has 15 heteroatoms. The Kier molecular flexibility index (Phi) is 7.53. The quantitative estimate of drug-likeness (QED) is 0.155.